The molecule has 0 aliphatic rings. The molecule has 7 heavy (non-hydrogen) atoms. The summed E-state index contributed by atoms with van der Waals surface area (Å²) in [5.74, 6) is 0. The molecular formula is C5H10N2. The Bertz CT molecular complexity index is 51.1. The van der Waals surface area contributed by atoms with Gasteiger partial charge in [0.2, 0.25) is 0 Å². The molecule has 0 amide bonds. The molecule has 1 N–H and O–H groups in total. The van der Waals surface area contributed by atoms with Crippen LogP contribution < -0.4 is 0 Å². The Morgan fingerprint density at radius 1 is 1.71 bits per heavy atom. The fourth-order valence-corrected chi connectivity index (χ4v) is 0. The van der Waals surface area contributed by atoms with Crippen LogP contribution in [0.1, 0.15) is 6.92 Å². The number of nitrogens with zero attached hydrogens (tertiary/aromatic N) is 1. The zero-order valence-corrected chi connectivity index (χ0v) is 4.52. The molecule has 0 aliphatic heterocycles. The molecule has 0 atom stereocenters. The van der Waals surface area contributed by atoms with E-state index in [1.165, 1.54) is 12.4 Å². The van der Waals surface area contributed by atoms with E-state index in [0.717, 1.165) is 0 Å². The van der Waals surface area contributed by atoms with Crippen molar-refractivity contribution in [2.24, 2.45) is 4.99 Å². The summed E-state index contributed by atoms with van der Waals surface area (Å²) in [6.45, 7) is 8.03. The van der Waals surface area contributed by atoms with E-state index in [0.29, 0.717) is 0 Å². The fourth-order valence-electron chi connectivity index (χ4n) is 0. The minimum atomic E-state index is 1.25. The Balaban J connectivity index is 0. The second-order valence-electron chi connectivity index (χ2n) is 0.654. The van der Waals surface area contributed by atoms with E-state index in [1.54, 1.807) is 6.92 Å². The lowest BCUT2D eigenvalue weighted by Crippen LogP contribution is -1.32. The summed E-state index contributed by atoms with van der Waals surface area (Å²) in [5.41, 5.74) is 0. The van der Waals surface area contributed by atoms with Gasteiger partial charge in [0.05, 0.1) is 0 Å². The van der Waals surface area contributed by atoms with Gasteiger partial charge in [-0.3, -0.25) is 4.99 Å². The van der Waals surface area contributed by atoms with Gasteiger partial charge in [0.15, 0.2) is 0 Å². The first-order valence-corrected chi connectivity index (χ1v) is 1.85. The highest BCUT2D eigenvalue weighted by molar-refractivity contribution is 5.48. The first kappa shape index (κ1) is 9.43. The molecule has 0 aromatic rings. The summed E-state index contributed by atoms with van der Waals surface area (Å²) in [6, 6.07) is 0. The largest absolute Gasteiger partial charge is 0.313 e. The van der Waals surface area contributed by atoms with Gasteiger partial charge in [0.1, 0.15) is 0 Å². The number of aliphatic imine (C=N–C) groups is 1. The van der Waals surface area contributed by atoms with E-state index in [1.807, 2.05) is 0 Å². The van der Waals surface area contributed by atoms with Gasteiger partial charge >= 0.3 is 0 Å². The molecule has 40 valence electrons. The van der Waals surface area contributed by atoms with Crippen LogP contribution in [0.3, 0.4) is 0 Å². The summed E-state index contributed by atoms with van der Waals surface area (Å²) < 4.78 is 0. The second kappa shape index (κ2) is 19.5. The highest BCUT2D eigenvalue weighted by atomic mass is 14.6. The molecule has 0 aromatic carbocycles. The van der Waals surface area contributed by atoms with Crippen molar-refractivity contribution in [3.05, 3.63) is 12.8 Å². The molecule has 0 bridgehead atoms. The minimum Gasteiger partial charge on any atom is -0.313 e. The van der Waals surface area contributed by atoms with E-state index in [4.69, 9.17) is 5.41 Å². The van der Waals surface area contributed by atoms with Crippen LogP contribution in [-0.2, 0) is 0 Å². The van der Waals surface area contributed by atoms with Gasteiger partial charge in [0, 0.05) is 6.20 Å². The summed E-state index contributed by atoms with van der Waals surface area (Å²) in [7, 11) is 0. The molecule has 0 aliphatic carbocycles. The first-order valence-electron chi connectivity index (χ1n) is 1.85. The summed E-state index contributed by atoms with van der Waals surface area (Å²) in [4.78, 5) is 3.25. The van der Waals surface area contributed by atoms with Crippen LogP contribution >= 0.6 is 0 Å². The third kappa shape index (κ3) is 7530. The van der Waals surface area contributed by atoms with Crippen LogP contribution in [-0.4, -0.2) is 12.9 Å². The van der Waals surface area contributed by atoms with Crippen molar-refractivity contribution in [3.8, 4) is 0 Å². The zero-order valence-electron chi connectivity index (χ0n) is 4.52. The van der Waals surface area contributed by atoms with Crippen molar-refractivity contribution in [2.75, 3.05) is 0 Å². The Hall–Kier alpha value is -0.920. The van der Waals surface area contributed by atoms with Gasteiger partial charge in [0.25, 0.3) is 0 Å². The molecule has 0 fully saturated rings. The predicted molar refractivity (Wildman–Crippen MR) is 34.2 cm³/mol. The average molecular weight is 98.1 g/mol. The first-order chi connectivity index (χ1) is 3.33. The number of nitrogens with one attached hydrogen (secondary N) is 1. The maximum Gasteiger partial charge on any atom is 0.0188 e. The lowest BCUT2D eigenvalue weighted by molar-refractivity contribution is 1.55. The van der Waals surface area contributed by atoms with E-state index < -0.39 is 0 Å². The molecule has 2 nitrogen and oxygen atoms in total. The Kier molecular flexibility index (Phi) is 26.3. The van der Waals surface area contributed by atoms with Gasteiger partial charge in [-0.25, -0.2) is 0 Å². The van der Waals surface area contributed by atoms with Gasteiger partial charge in [-0.05, 0) is 19.9 Å². The number of hydrogen-bond acceptors (Lipinski definition) is 2. The average Bonchev–Trinajstić information content (AvgIpc) is 1.69. The van der Waals surface area contributed by atoms with Gasteiger partial charge in [-0.1, -0.05) is 6.58 Å². The van der Waals surface area contributed by atoms with Crippen molar-refractivity contribution in [1.29, 1.82) is 5.41 Å². The maximum atomic E-state index is 6.08. The molecule has 0 rings (SSSR count). The Morgan fingerprint density at radius 2 is 1.86 bits per heavy atom. The molecular weight excluding hydrogens is 88.1 g/mol. The minimum absolute atomic E-state index is 1.25. The van der Waals surface area contributed by atoms with Crippen LogP contribution in [0.4, 0.5) is 0 Å². The summed E-state index contributed by atoms with van der Waals surface area (Å²) in [6.07, 6.45) is 2.64. The second-order valence-corrected chi connectivity index (χ2v) is 0.654. The molecule has 0 heterocycles. The smallest absolute Gasteiger partial charge is 0.0188 e. The molecule has 0 spiro atoms. The van der Waals surface area contributed by atoms with E-state index >= 15 is 0 Å². The fraction of sp³-hybridized carbons (Fsp3) is 0.200. The highest BCUT2D eigenvalue weighted by Crippen LogP contribution is 1.50. The van der Waals surface area contributed by atoms with Gasteiger partial charge in [-0.2, -0.15) is 0 Å². The zero-order chi connectivity index (χ0) is 6.12. The van der Waals surface area contributed by atoms with Crippen LogP contribution in [0.5, 0.6) is 0 Å². The third-order valence-electron chi connectivity index (χ3n) is 0.129. The van der Waals surface area contributed by atoms with Crippen LogP contribution in [0.25, 0.3) is 0 Å². The standard InChI is InChI=1S/C3H5N.C2H5N/c1-3-4-2;1-2-3/h3H,1-2H2;2-3H,1H3. The van der Waals surface area contributed by atoms with E-state index in [-0.39, 0.29) is 0 Å². The lowest BCUT2D eigenvalue weighted by Gasteiger charge is -1.48. The van der Waals surface area contributed by atoms with Crippen molar-refractivity contribution in [1.82, 2.24) is 0 Å². The maximum absolute atomic E-state index is 6.08. The van der Waals surface area contributed by atoms with Crippen molar-refractivity contribution < 1.29 is 0 Å². The Morgan fingerprint density at radius 3 is 1.86 bits per heavy atom. The van der Waals surface area contributed by atoms with Crippen LogP contribution in [0.15, 0.2) is 17.8 Å². The molecule has 2 heteroatoms. The lowest BCUT2D eigenvalue weighted by atomic mass is 10.9. The van der Waals surface area contributed by atoms with Gasteiger partial charge < -0.3 is 5.41 Å². The quantitative estimate of drug-likeness (QED) is 0.482. The highest BCUT2D eigenvalue weighted by Gasteiger charge is 1.27. The predicted octanol–water partition coefficient (Wildman–Crippen LogP) is 1.49. The van der Waals surface area contributed by atoms with E-state index in [2.05, 4.69) is 18.3 Å². The SMILES string of the molecule is C=CN=C.CC=N. The topological polar surface area (TPSA) is 36.2 Å². The molecule has 0 radical (unpaired) electrons. The van der Waals surface area contributed by atoms with Gasteiger partial charge in [-0.15, -0.1) is 0 Å². The monoisotopic (exact) mass is 98.1 g/mol. The molecule has 0 saturated carbocycles. The van der Waals surface area contributed by atoms with Crippen molar-refractivity contribution in [3.63, 3.8) is 0 Å². The summed E-state index contributed by atoms with van der Waals surface area (Å²) >= 11 is 0. The van der Waals surface area contributed by atoms with E-state index in [9.17, 15) is 0 Å². The molecule has 0 aromatic heterocycles. The number of rotatable bonds is 1. The van der Waals surface area contributed by atoms with Crippen molar-refractivity contribution in [2.45, 2.75) is 6.92 Å². The normalized spacial score (nSPS) is 4.71. The van der Waals surface area contributed by atoms with Crippen LogP contribution in [0.2, 0.25) is 0 Å². The Labute approximate surface area is 44.1 Å². The molecule has 0 unspecified atom stereocenters. The van der Waals surface area contributed by atoms with Crippen molar-refractivity contribution >= 4 is 12.9 Å². The van der Waals surface area contributed by atoms with Crippen LogP contribution in [0, 0.1) is 5.41 Å². The molecule has 0 saturated heterocycles. The summed E-state index contributed by atoms with van der Waals surface area (Å²) in [5, 5.41) is 6.08. The number of hydrogen-bond donors (Lipinski definition) is 1. The third-order valence-corrected chi connectivity index (χ3v) is 0.129.